The van der Waals surface area contributed by atoms with Gasteiger partial charge in [-0.15, -0.1) is 0 Å². The standard InChI is InChI=1S/C18H22FN3O4/c1-17(2,3)22(16(24)25)15-20-18(11-7-5-6-8-13(11)19)10-26-9-12(18)14(23)21(15)4/h5-8,12H,9-10H2,1-4H3,(H,24,25)/t12-,18-/m0/s1. The Bertz CT molecular complexity index is 789. The Labute approximate surface area is 151 Å². The van der Waals surface area contributed by atoms with Crippen LogP contribution in [0.3, 0.4) is 0 Å². The van der Waals surface area contributed by atoms with Crippen LogP contribution in [0.25, 0.3) is 0 Å². The number of guanidine groups is 1. The number of benzene rings is 1. The van der Waals surface area contributed by atoms with Crippen LogP contribution in [0.2, 0.25) is 0 Å². The van der Waals surface area contributed by atoms with Crippen LogP contribution in [0.5, 0.6) is 0 Å². The van der Waals surface area contributed by atoms with Crippen molar-refractivity contribution in [2.45, 2.75) is 31.8 Å². The molecule has 1 N–H and O–H groups in total. The predicted molar refractivity (Wildman–Crippen MR) is 92.2 cm³/mol. The van der Waals surface area contributed by atoms with Crippen LogP contribution in [0.1, 0.15) is 26.3 Å². The number of hydrogen-bond donors (Lipinski definition) is 1. The minimum absolute atomic E-state index is 0.0132. The molecule has 0 bridgehead atoms. The van der Waals surface area contributed by atoms with Gasteiger partial charge < -0.3 is 9.84 Å². The van der Waals surface area contributed by atoms with Gasteiger partial charge in [-0.3, -0.25) is 9.69 Å². The molecule has 140 valence electrons. The molecule has 2 atom stereocenters. The molecule has 2 aliphatic rings. The molecule has 0 radical (unpaired) electrons. The van der Waals surface area contributed by atoms with E-state index >= 15 is 0 Å². The largest absolute Gasteiger partial charge is 0.465 e. The zero-order valence-electron chi connectivity index (χ0n) is 15.2. The molecule has 3 rings (SSSR count). The van der Waals surface area contributed by atoms with E-state index in [0.717, 1.165) is 4.90 Å². The highest BCUT2D eigenvalue weighted by Crippen LogP contribution is 2.44. The van der Waals surface area contributed by atoms with Gasteiger partial charge in [-0.1, -0.05) is 18.2 Å². The van der Waals surface area contributed by atoms with Gasteiger partial charge in [0.25, 0.3) is 0 Å². The van der Waals surface area contributed by atoms with Gasteiger partial charge in [0, 0.05) is 18.2 Å². The highest BCUT2D eigenvalue weighted by Gasteiger charge is 2.56. The molecule has 2 amide bonds. The summed E-state index contributed by atoms with van der Waals surface area (Å²) in [4.78, 5) is 31.8. The van der Waals surface area contributed by atoms with E-state index in [2.05, 4.69) is 4.99 Å². The molecule has 8 heteroatoms. The summed E-state index contributed by atoms with van der Waals surface area (Å²) >= 11 is 0. The minimum Gasteiger partial charge on any atom is -0.465 e. The summed E-state index contributed by atoms with van der Waals surface area (Å²) < 4.78 is 20.1. The number of carboxylic acid groups (broad SMARTS) is 1. The normalized spacial score (nSPS) is 25.7. The molecular formula is C18H22FN3O4. The molecule has 1 fully saturated rings. The highest BCUT2D eigenvalue weighted by molar-refractivity contribution is 6.06. The van der Waals surface area contributed by atoms with Crippen molar-refractivity contribution < 1.29 is 23.8 Å². The van der Waals surface area contributed by atoms with E-state index in [1.165, 1.54) is 18.0 Å². The molecule has 26 heavy (non-hydrogen) atoms. The maximum Gasteiger partial charge on any atom is 0.414 e. The van der Waals surface area contributed by atoms with Gasteiger partial charge in [-0.2, -0.15) is 0 Å². The van der Waals surface area contributed by atoms with Crippen molar-refractivity contribution in [2.75, 3.05) is 20.3 Å². The number of rotatable bonds is 1. The van der Waals surface area contributed by atoms with Crippen LogP contribution in [0.15, 0.2) is 29.3 Å². The van der Waals surface area contributed by atoms with Crippen molar-refractivity contribution in [1.29, 1.82) is 0 Å². The maximum absolute atomic E-state index is 14.6. The molecule has 0 aliphatic carbocycles. The summed E-state index contributed by atoms with van der Waals surface area (Å²) in [6.45, 7) is 5.23. The smallest absolute Gasteiger partial charge is 0.414 e. The van der Waals surface area contributed by atoms with Crippen molar-refractivity contribution in [3.63, 3.8) is 0 Å². The first-order valence-electron chi connectivity index (χ1n) is 8.33. The first-order chi connectivity index (χ1) is 12.1. The molecule has 2 heterocycles. The Morgan fingerprint density at radius 1 is 1.42 bits per heavy atom. The van der Waals surface area contributed by atoms with Crippen LogP contribution in [0, 0.1) is 11.7 Å². The first kappa shape index (κ1) is 18.3. The number of carbonyl (C=O) groups is 2. The fourth-order valence-electron chi connectivity index (χ4n) is 3.55. The van der Waals surface area contributed by atoms with E-state index < -0.39 is 28.9 Å². The summed E-state index contributed by atoms with van der Waals surface area (Å²) in [6.07, 6.45) is -1.24. The highest BCUT2D eigenvalue weighted by atomic mass is 19.1. The lowest BCUT2D eigenvalue weighted by molar-refractivity contribution is -0.133. The molecule has 0 saturated carbocycles. The van der Waals surface area contributed by atoms with Crippen LogP contribution in [-0.4, -0.2) is 58.7 Å². The topological polar surface area (TPSA) is 82.4 Å². The minimum atomic E-state index is -1.27. The summed E-state index contributed by atoms with van der Waals surface area (Å²) in [5, 5.41) is 9.72. The molecule has 2 aliphatic heterocycles. The first-order valence-corrected chi connectivity index (χ1v) is 8.33. The van der Waals surface area contributed by atoms with Gasteiger partial charge in [0.2, 0.25) is 11.9 Å². The summed E-state index contributed by atoms with van der Waals surface area (Å²) in [5.74, 6) is -1.57. The van der Waals surface area contributed by atoms with Gasteiger partial charge in [0.1, 0.15) is 11.4 Å². The van der Waals surface area contributed by atoms with Crippen molar-refractivity contribution in [2.24, 2.45) is 10.9 Å². The van der Waals surface area contributed by atoms with Gasteiger partial charge >= 0.3 is 6.09 Å². The lowest BCUT2D eigenvalue weighted by Gasteiger charge is -2.44. The molecule has 7 nitrogen and oxygen atoms in total. The zero-order valence-corrected chi connectivity index (χ0v) is 15.2. The monoisotopic (exact) mass is 363 g/mol. The molecule has 0 aromatic heterocycles. The van der Waals surface area contributed by atoms with Crippen LogP contribution >= 0.6 is 0 Å². The van der Waals surface area contributed by atoms with Crippen molar-refractivity contribution in [1.82, 2.24) is 9.80 Å². The molecule has 1 aromatic carbocycles. The number of nitrogens with zero attached hydrogens (tertiary/aromatic N) is 3. The van der Waals surface area contributed by atoms with Crippen LogP contribution < -0.4 is 0 Å². The second-order valence-electron chi connectivity index (χ2n) is 7.57. The number of aliphatic imine (C=N–C) groups is 1. The zero-order chi connectivity index (χ0) is 19.3. The maximum atomic E-state index is 14.6. The summed E-state index contributed by atoms with van der Waals surface area (Å²) in [6, 6.07) is 6.09. The fourth-order valence-corrected chi connectivity index (χ4v) is 3.55. The third-order valence-corrected chi connectivity index (χ3v) is 4.81. The Kier molecular flexibility index (Phi) is 4.26. The Morgan fingerprint density at radius 3 is 2.65 bits per heavy atom. The third-order valence-electron chi connectivity index (χ3n) is 4.81. The van der Waals surface area contributed by atoms with Crippen molar-refractivity contribution in [3.8, 4) is 0 Å². The average molecular weight is 363 g/mol. The van der Waals surface area contributed by atoms with Gasteiger partial charge in [-0.05, 0) is 26.8 Å². The lowest BCUT2D eigenvalue weighted by Crippen LogP contribution is -2.61. The number of halogens is 1. The molecule has 1 aromatic rings. The molecular weight excluding hydrogens is 341 g/mol. The Morgan fingerprint density at radius 2 is 2.08 bits per heavy atom. The number of fused-ring (bicyclic) bond motifs is 1. The summed E-state index contributed by atoms with van der Waals surface area (Å²) in [7, 11) is 1.48. The number of carbonyl (C=O) groups excluding carboxylic acids is 1. The van der Waals surface area contributed by atoms with Gasteiger partial charge in [-0.25, -0.2) is 19.1 Å². The van der Waals surface area contributed by atoms with E-state index in [9.17, 15) is 19.1 Å². The van der Waals surface area contributed by atoms with Gasteiger partial charge in [0.05, 0.1) is 19.1 Å². The summed E-state index contributed by atoms with van der Waals surface area (Å²) in [5.41, 5.74) is -1.88. The van der Waals surface area contributed by atoms with Crippen molar-refractivity contribution >= 4 is 18.0 Å². The quantitative estimate of drug-likeness (QED) is 0.830. The lowest BCUT2D eigenvalue weighted by atomic mass is 9.79. The van der Waals surface area contributed by atoms with E-state index in [4.69, 9.17) is 4.74 Å². The van der Waals surface area contributed by atoms with Crippen molar-refractivity contribution in [3.05, 3.63) is 35.6 Å². The van der Waals surface area contributed by atoms with E-state index in [0.29, 0.717) is 0 Å². The number of hydrogen-bond acceptors (Lipinski definition) is 4. The Hall–Kier alpha value is -2.48. The van der Waals surface area contributed by atoms with Gasteiger partial charge in [0.15, 0.2) is 0 Å². The van der Waals surface area contributed by atoms with E-state index in [1.54, 1.807) is 39.0 Å². The second kappa shape index (κ2) is 6.05. The SMILES string of the molecule is CN1C(=O)[C@@H]2COC[C@@]2(c2ccccc2F)N=C1N(C(=O)O)C(C)(C)C. The van der Waals surface area contributed by atoms with Crippen LogP contribution in [-0.2, 0) is 15.1 Å². The molecule has 1 saturated heterocycles. The van der Waals surface area contributed by atoms with E-state index in [-0.39, 0.29) is 30.6 Å². The second-order valence-corrected chi connectivity index (χ2v) is 7.57. The molecule has 0 spiro atoms. The number of ether oxygens (including phenoxy) is 1. The molecule has 0 unspecified atom stereocenters. The predicted octanol–water partition coefficient (Wildman–Crippen LogP) is 2.27. The fraction of sp³-hybridized carbons (Fsp3) is 0.500. The van der Waals surface area contributed by atoms with E-state index in [1.807, 2.05) is 0 Å². The Balaban J connectivity index is 2.25. The van der Waals surface area contributed by atoms with Crippen LogP contribution in [0.4, 0.5) is 9.18 Å². The average Bonchev–Trinajstić information content (AvgIpc) is 2.96. The third kappa shape index (κ3) is 2.65. The number of amides is 2.